The Morgan fingerprint density at radius 1 is 1.26 bits per heavy atom. The van der Waals surface area contributed by atoms with Gasteiger partial charge in [-0.15, -0.1) is 0 Å². The Bertz CT molecular complexity index is 574. The summed E-state index contributed by atoms with van der Waals surface area (Å²) in [5.41, 5.74) is 5.41. The molecule has 6 nitrogen and oxygen atoms in total. The van der Waals surface area contributed by atoms with E-state index in [4.69, 9.17) is 5.73 Å². The normalized spacial score (nSPS) is 21.5. The van der Waals surface area contributed by atoms with Gasteiger partial charge >= 0.3 is 12.2 Å². The van der Waals surface area contributed by atoms with Crippen LogP contribution >= 0.6 is 0 Å². The first-order valence-electron chi connectivity index (χ1n) is 7.16. The number of nitrogens with zero attached hydrogens (tertiary/aromatic N) is 1. The Labute approximate surface area is 130 Å². The van der Waals surface area contributed by atoms with Crippen LogP contribution in [0, 0.1) is 5.92 Å². The van der Waals surface area contributed by atoms with Crippen LogP contribution in [0.4, 0.5) is 23.7 Å². The van der Waals surface area contributed by atoms with Crippen LogP contribution in [0.2, 0.25) is 0 Å². The van der Waals surface area contributed by atoms with Crippen molar-refractivity contribution in [3.8, 4) is 0 Å². The lowest BCUT2D eigenvalue weighted by atomic mass is 9.85. The van der Waals surface area contributed by atoms with Gasteiger partial charge in [-0.3, -0.25) is 4.79 Å². The maximum Gasteiger partial charge on any atom is 0.391 e. The van der Waals surface area contributed by atoms with Crippen molar-refractivity contribution in [1.82, 2.24) is 10.3 Å². The third-order valence-corrected chi connectivity index (χ3v) is 3.75. The minimum atomic E-state index is -4.23. The number of rotatable bonds is 3. The predicted molar refractivity (Wildman–Crippen MR) is 76.7 cm³/mol. The number of carbonyl (C=O) groups excluding carboxylic acids is 2. The molecule has 126 valence electrons. The van der Waals surface area contributed by atoms with Gasteiger partial charge in [0.25, 0.3) is 5.91 Å². The molecule has 2 atom stereocenters. The van der Waals surface area contributed by atoms with E-state index in [1.54, 1.807) is 0 Å². The van der Waals surface area contributed by atoms with Crippen molar-refractivity contribution in [3.63, 3.8) is 0 Å². The van der Waals surface area contributed by atoms with Crippen molar-refractivity contribution in [2.45, 2.75) is 37.9 Å². The lowest BCUT2D eigenvalue weighted by molar-refractivity contribution is -0.183. The smallest absolute Gasteiger partial charge is 0.364 e. The van der Waals surface area contributed by atoms with Crippen molar-refractivity contribution in [3.05, 3.63) is 24.0 Å². The average molecular weight is 330 g/mol. The highest BCUT2D eigenvalue weighted by atomic mass is 19.4. The van der Waals surface area contributed by atoms with Crippen LogP contribution < -0.4 is 16.4 Å². The largest absolute Gasteiger partial charge is 0.391 e. The molecule has 1 aromatic heterocycles. The van der Waals surface area contributed by atoms with E-state index in [9.17, 15) is 22.8 Å². The number of alkyl halides is 3. The molecule has 2 rings (SSSR count). The highest BCUT2D eigenvalue weighted by Crippen LogP contribution is 2.37. The van der Waals surface area contributed by atoms with Crippen LogP contribution in [0.1, 0.15) is 36.2 Å². The van der Waals surface area contributed by atoms with Crippen molar-refractivity contribution in [1.29, 1.82) is 0 Å². The van der Waals surface area contributed by atoms with E-state index >= 15 is 0 Å². The molecule has 3 amide bonds. The summed E-state index contributed by atoms with van der Waals surface area (Å²) in [5, 5.41) is 5.00. The first-order valence-corrected chi connectivity index (χ1v) is 7.16. The summed E-state index contributed by atoms with van der Waals surface area (Å²) in [5.74, 6) is -2.07. The number of amides is 3. The summed E-state index contributed by atoms with van der Waals surface area (Å²) in [6.45, 7) is 0. The standard InChI is InChI=1S/C14H17F3N4O2/c15-14(16,17)8-2-1-3-9(6-8)20-13(23)21-10-4-5-11(12(18)22)19-7-10/h4-5,7-9H,1-3,6H2,(H2,18,22)(H2,20,21,23)/t8-,9+/m0/s1. The lowest BCUT2D eigenvalue weighted by Crippen LogP contribution is -2.43. The fraction of sp³-hybridized carbons (Fsp3) is 0.500. The van der Waals surface area contributed by atoms with E-state index in [1.807, 2.05) is 0 Å². The van der Waals surface area contributed by atoms with Crippen LogP contribution in [0.5, 0.6) is 0 Å². The molecule has 1 aliphatic carbocycles. The molecule has 9 heteroatoms. The van der Waals surface area contributed by atoms with Crippen LogP contribution in [0.3, 0.4) is 0 Å². The van der Waals surface area contributed by atoms with Crippen molar-refractivity contribution in [2.24, 2.45) is 11.7 Å². The number of aromatic nitrogens is 1. The number of hydrogen-bond acceptors (Lipinski definition) is 3. The minimum Gasteiger partial charge on any atom is -0.364 e. The minimum absolute atomic E-state index is 0.0521. The Balaban J connectivity index is 1.88. The number of primary amides is 1. The first kappa shape index (κ1) is 17.0. The Morgan fingerprint density at radius 2 is 2.00 bits per heavy atom. The van der Waals surface area contributed by atoms with Crippen LogP contribution in [-0.4, -0.2) is 29.1 Å². The highest BCUT2D eigenvalue weighted by molar-refractivity contribution is 5.92. The molecule has 0 bridgehead atoms. The van der Waals surface area contributed by atoms with Gasteiger partial charge < -0.3 is 16.4 Å². The zero-order chi connectivity index (χ0) is 17.0. The molecule has 1 fully saturated rings. The molecule has 4 N–H and O–H groups in total. The zero-order valence-electron chi connectivity index (χ0n) is 12.2. The van der Waals surface area contributed by atoms with E-state index in [1.165, 1.54) is 18.3 Å². The van der Waals surface area contributed by atoms with Crippen molar-refractivity contribution in [2.75, 3.05) is 5.32 Å². The third kappa shape index (κ3) is 4.83. The van der Waals surface area contributed by atoms with E-state index in [0.29, 0.717) is 18.5 Å². The van der Waals surface area contributed by atoms with Crippen molar-refractivity contribution >= 4 is 17.6 Å². The maximum absolute atomic E-state index is 12.7. The monoisotopic (exact) mass is 330 g/mol. The van der Waals surface area contributed by atoms with Gasteiger partial charge in [0, 0.05) is 6.04 Å². The van der Waals surface area contributed by atoms with Gasteiger partial charge in [0.2, 0.25) is 0 Å². The topological polar surface area (TPSA) is 97.1 Å². The molecule has 0 aromatic carbocycles. The van der Waals surface area contributed by atoms with E-state index in [-0.39, 0.29) is 18.5 Å². The van der Waals surface area contributed by atoms with Gasteiger partial charge in [0.05, 0.1) is 17.8 Å². The van der Waals surface area contributed by atoms with Gasteiger partial charge in [-0.2, -0.15) is 13.2 Å². The summed E-state index contributed by atoms with van der Waals surface area (Å²) in [7, 11) is 0. The number of nitrogens with one attached hydrogen (secondary N) is 2. The Hall–Kier alpha value is -2.32. The van der Waals surface area contributed by atoms with Gasteiger partial charge in [0.15, 0.2) is 0 Å². The molecule has 0 unspecified atom stereocenters. The summed E-state index contributed by atoms with van der Waals surface area (Å²) in [6, 6.07) is 1.66. The number of urea groups is 1. The fourth-order valence-corrected chi connectivity index (χ4v) is 2.58. The van der Waals surface area contributed by atoms with E-state index < -0.39 is 30.1 Å². The number of anilines is 1. The Kier molecular flexibility index (Phi) is 5.07. The summed E-state index contributed by atoms with van der Waals surface area (Å²) < 4.78 is 38.2. The SMILES string of the molecule is NC(=O)c1ccc(NC(=O)N[C@@H]2CCC[C@H](C(F)(F)F)C2)cn1. The molecule has 23 heavy (non-hydrogen) atoms. The maximum atomic E-state index is 12.7. The molecular formula is C14H17F3N4O2. The number of pyridine rings is 1. The highest BCUT2D eigenvalue weighted by Gasteiger charge is 2.42. The fourth-order valence-electron chi connectivity index (χ4n) is 2.58. The molecule has 1 heterocycles. The predicted octanol–water partition coefficient (Wildman–Crippen LogP) is 2.42. The molecule has 0 radical (unpaired) electrons. The van der Waals surface area contributed by atoms with E-state index in [0.717, 1.165) is 0 Å². The second-order valence-electron chi connectivity index (χ2n) is 5.50. The Morgan fingerprint density at radius 3 is 2.57 bits per heavy atom. The van der Waals surface area contributed by atoms with Crippen molar-refractivity contribution < 1.29 is 22.8 Å². The number of hydrogen-bond donors (Lipinski definition) is 3. The molecule has 1 saturated carbocycles. The first-order chi connectivity index (χ1) is 10.8. The number of halogens is 3. The van der Waals surface area contributed by atoms with Crippen LogP contribution in [0.15, 0.2) is 18.3 Å². The zero-order valence-corrected chi connectivity index (χ0v) is 12.2. The van der Waals surface area contributed by atoms with Gasteiger partial charge in [0.1, 0.15) is 5.69 Å². The molecular weight excluding hydrogens is 313 g/mol. The van der Waals surface area contributed by atoms with Gasteiger partial charge in [-0.1, -0.05) is 6.42 Å². The lowest BCUT2D eigenvalue weighted by Gasteiger charge is -2.30. The summed E-state index contributed by atoms with van der Waals surface area (Å²) in [4.78, 5) is 26.5. The average Bonchev–Trinajstić information content (AvgIpc) is 2.47. The molecule has 1 aromatic rings. The van der Waals surface area contributed by atoms with E-state index in [2.05, 4.69) is 15.6 Å². The molecule has 0 saturated heterocycles. The number of carbonyl (C=O) groups is 2. The van der Waals surface area contributed by atoms with Crippen LogP contribution in [0.25, 0.3) is 0 Å². The second-order valence-corrected chi connectivity index (χ2v) is 5.50. The van der Waals surface area contributed by atoms with Gasteiger partial charge in [-0.05, 0) is 31.4 Å². The summed E-state index contributed by atoms with van der Waals surface area (Å²) in [6.07, 6.45) is -2.06. The molecule has 0 spiro atoms. The quantitative estimate of drug-likeness (QED) is 0.794. The van der Waals surface area contributed by atoms with Crippen LogP contribution in [-0.2, 0) is 0 Å². The molecule has 0 aliphatic heterocycles. The molecule has 1 aliphatic rings. The van der Waals surface area contributed by atoms with Gasteiger partial charge in [-0.25, -0.2) is 9.78 Å². The number of nitrogens with two attached hydrogens (primary N) is 1. The second kappa shape index (κ2) is 6.84. The summed E-state index contributed by atoms with van der Waals surface area (Å²) >= 11 is 0. The third-order valence-electron chi connectivity index (χ3n) is 3.75.